The van der Waals surface area contributed by atoms with Gasteiger partial charge in [0.1, 0.15) is 5.75 Å². The Labute approximate surface area is 105 Å². The molecule has 2 aromatic rings. The second kappa shape index (κ2) is 4.79. The molecule has 18 heavy (non-hydrogen) atoms. The minimum atomic E-state index is -0.217. The summed E-state index contributed by atoms with van der Waals surface area (Å²) in [6.07, 6.45) is 0. The molecule has 0 unspecified atom stereocenters. The largest absolute Gasteiger partial charge is 0.508 e. The summed E-state index contributed by atoms with van der Waals surface area (Å²) >= 11 is 0. The zero-order valence-corrected chi connectivity index (χ0v) is 9.97. The maximum absolute atomic E-state index is 12.0. The zero-order chi connectivity index (χ0) is 13.1. The number of hydrogen-bond donors (Lipinski definition) is 3. The summed E-state index contributed by atoms with van der Waals surface area (Å²) in [5.74, 6) is -0.146. The van der Waals surface area contributed by atoms with Crippen LogP contribution >= 0.6 is 0 Å². The fourth-order valence-electron chi connectivity index (χ4n) is 1.68. The van der Waals surface area contributed by atoms with Gasteiger partial charge >= 0.3 is 0 Å². The lowest BCUT2D eigenvalue weighted by Crippen LogP contribution is -2.14. The number of anilines is 2. The van der Waals surface area contributed by atoms with Crippen molar-refractivity contribution in [3.63, 3.8) is 0 Å². The Balaban J connectivity index is 2.24. The lowest BCUT2D eigenvalue weighted by Gasteiger charge is -2.09. The van der Waals surface area contributed by atoms with Crippen molar-refractivity contribution in [2.45, 2.75) is 6.92 Å². The number of phenols is 1. The average molecular weight is 242 g/mol. The predicted molar refractivity (Wildman–Crippen MR) is 71.7 cm³/mol. The average Bonchev–Trinajstić information content (AvgIpc) is 2.33. The summed E-state index contributed by atoms with van der Waals surface area (Å²) in [5, 5.41) is 12.0. The number of nitrogen functional groups attached to an aromatic ring is 1. The molecule has 0 aliphatic rings. The van der Waals surface area contributed by atoms with Crippen LogP contribution in [-0.2, 0) is 0 Å². The first-order valence-electron chi connectivity index (χ1n) is 5.53. The predicted octanol–water partition coefficient (Wildman–Crippen LogP) is 2.54. The zero-order valence-electron chi connectivity index (χ0n) is 9.97. The van der Waals surface area contributed by atoms with E-state index in [0.717, 1.165) is 5.56 Å². The molecule has 0 aliphatic heterocycles. The molecule has 2 rings (SSSR count). The number of aromatic hydroxyl groups is 1. The Morgan fingerprint density at radius 1 is 1.22 bits per heavy atom. The van der Waals surface area contributed by atoms with E-state index < -0.39 is 0 Å². The van der Waals surface area contributed by atoms with Crippen LogP contribution in [0.25, 0.3) is 0 Å². The third-order valence-electron chi connectivity index (χ3n) is 2.67. The van der Waals surface area contributed by atoms with Gasteiger partial charge in [-0.15, -0.1) is 0 Å². The van der Waals surface area contributed by atoms with Gasteiger partial charge in [-0.3, -0.25) is 4.79 Å². The molecule has 1 amide bonds. The van der Waals surface area contributed by atoms with E-state index in [-0.39, 0.29) is 11.7 Å². The summed E-state index contributed by atoms with van der Waals surface area (Å²) < 4.78 is 0. The van der Waals surface area contributed by atoms with Crippen LogP contribution in [-0.4, -0.2) is 11.0 Å². The van der Waals surface area contributed by atoms with E-state index >= 15 is 0 Å². The van der Waals surface area contributed by atoms with Gasteiger partial charge < -0.3 is 16.2 Å². The Morgan fingerprint density at radius 3 is 2.61 bits per heavy atom. The monoisotopic (exact) mass is 242 g/mol. The van der Waals surface area contributed by atoms with Gasteiger partial charge in [-0.1, -0.05) is 18.2 Å². The number of nitrogens with one attached hydrogen (secondary N) is 1. The van der Waals surface area contributed by atoms with Crippen molar-refractivity contribution in [2.24, 2.45) is 0 Å². The van der Waals surface area contributed by atoms with Crippen molar-refractivity contribution in [3.8, 4) is 5.75 Å². The molecule has 0 fully saturated rings. The van der Waals surface area contributed by atoms with E-state index in [4.69, 9.17) is 5.73 Å². The summed E-state index contributed by atoms with van der Waals surface area (Å²) in [6, 6.07) is 11.7. The Hall–Kier alpha value is -2.49. The van der Waals surface area contributed by atoms with Crippen molar-refractivity contribution >= 4 is 17.3 Å². The molecule has 0 saturated carbocycles. The number of amides is 1. The van der Waals surface area contributed by atoms with Crippen LogP contribution in [0, 0.1) is 6.92 Å². The number of benzene rings is 2. The van der Waals surface area contributed by atoms with Gasteiger partial charge in [-0.25, -0.2) is 0 Å². The van der Waals surface area contributed by atoms with E-state index in [0.29, 0.717) is 16.9 Å². The van der Waals surface area contributed by atoms with Gasteiger partial charge in [0.25, 0.3) is 5.91 Å². The van der Waals surface area contributed by atoms with E-state index in [9.17, 15) is 9.90 Å². The van der Waals surface area contributed by atoms with E-state index in [1.165, 1.54) is 12.1 Å². The lowest BCUT2D eigenvalue weighted by atomic mass is 10.1. The van der Waals surface area contributed by atoms with Crippen molar-refractivity contribution < 1.29 is 9.90 Å². The first kappa shape index (κ1) is 12.0. The number of nitrogens with two attached hydrogens (primary N) is 1. The number of carbonyl (C=O) groups excluding carboxylic acids is 1. The van der Waals surface area contributed by atoms with Crippen LogP contribution in [0.15, 0.2) is 42.5 Å². The summed E-state index contributed by atoms with van der Waals surface area (Å²) in [5.41, 5.74) is 8.03. The van der Waals surface area contributed by atoms with Crippen molar-refractivity contribution in [1.82, 2.24) is 0 Å². The highest BCUT2D eigenvalue weighted by Crippen LogP contribution is 2.24. The van der Waals surface area contributed by atoms with Crippen molar-refractivity contribution in [1.29, 1.82) is 0 Å². The number of aryl methyl sites for hydroxylation is 1. The minimum absolute atomic E-state index is 0.0707. The number of carbonyl (C=O) groups is 1. The highest BCUT2D eigenvalue weighted by atomic mass is 16.3. The Kier molecular flexibility index (Phi) is 3.19. The highest BCUT2D eigenvalue weighted by Gasteiger charge is 2.10. The second-order valence-electron chi connectivity index (χ2n) is 4.04. The standard InChI is InChI=1S/C14H14N2O2/c1-9-4-2-3-5-11(9)14(18)16-13-7-6-10(17)8-12(13)15/h2-8,17H,15H2,1H3,(H,16,18). The van der Waals surface area contributed by atoms with Gasteiger partial charge in [0.2, 0.25) is 0 Å². The van der Waals surface area contributed by atoms with Crippen LogP contribution in [0.5, 0.6) is 5.75 Å². The van der Waals surface area contributed by atoms with E-state index in [2.05, 4.69) is 5.32 Å². The van der Waals surface area contributed by atoms with Gasteiger partial charge in [-0.2, -0.15) is 0 Å². The molecule has 0 radical (unpaired) electrons. The third-order valence-corrected chi connectivity index (χ3v) is 2.67. The Morgan fingerprint density at radius 2 is 1.94 bits per heavy atom. The van der Waals surface area contributed by atoms with Gasteiger partial charge in [0.05, 0.1) is 11.4 Å². The molecule has 92 valence electrons. The van der Waals surface area contributed by atoms with Crippen LogP contribution in [0.1, 0.15) is 15.9 Å². The van der Waals surface area contributed by atoms with Gasteiger partial charge in [0, 0.05) is 11.6 Å². The van der Waals surface area contributed by atoms with Crippen LogP contribution < -0.4 is 11.1 Å². The molecule has 0 spiro atoms. The fraction of sp³-hybridized carbons (Fsp3) is 0.0714. The molecule has 0 atom stereocenters. The first-order chi connectivity index (χ1) is 8.58. The SMILES string of the molecule is Cc1ccccc1C(=O)Nc1ccc(O)cc1N. The Bertz CT molecular complexity index is 594. The van der Waals surface area contributed by atoms with Crippen LogP contribution in [0.3, 0.4) is 0 Å². The number of hydrogen-bond acceptors (Lipinski definition) is 3. The maximum Gasteiger partial charge on any atom is 0.255 e. The highest BCUT2D eigenvalue weighted by molar-refractivity contribution is 6.06. The molecule has 2 aromatic carbocycles. The summed E-state index contributed by atoms with van der Waals surface area (Å²) in [7, 11) is 0. The quantitative estimate of drug-likeness (QED) is 0.559. The normalized spacial score (nSPS) is 10.1. The van der Waals surface area contributed by atoms with Crippen LogP contribution in [0.4, 0.5) is 11.4 Å². The lowest BCUT2D eigenvalue weighted by molar-refractivity contribution is 0.102. The number of rotatable bonds is 2. The maximum atomic E-state index is 12.0. The molecule has 4 N–H and O–H groups in total. The fourth-order valence-corrected chi connectivity index (χ4v) is 1.68. The minimum Gasteiger partial charge on any atom is -0.508 e. The van der Waals surface area contributed by atoms with Crippen molar-refractivity contribution in [3.05, 3.63) is 53.6 Å². The molecule has 0 aromatic heterocycles. The molecular formula is C14H14N2O2. The van der Waals surface area contributed by atoms with Gasteiger partial charge in [0.15, 0.2) is 0 Å². The second-order valence-corrected chi connectivity index (χ2v) is 4.04. The van der Waals surface area contributed by atoms with E-state index in [1.807, 2.05) is 25.1 Å². The van der Waals surface area contributed by atoms with Gasteiger partial charge in [-0.05, 0) is 30.7 Å². The molecule has 0 heterocycles. The smallest absolute Gasteiger partial charge is 0.255 e. The van der Waals surface area contributed by atoms with Crippen LogP contribution in [0.2, 0.25) is 0 Å². The molecule has 0 saturated heterocycles. The topological polar surface area (TPSA) is 75.3 Å². The molecule has 4 nitrogen and oxygen atoms in total. The molecule has 4 heteroatoms. The van der Waals surface area contributed by atoms with Crippen molar-refractivity contribution in [2.75, 3.05) is 11.1 Å². The molecular weight excluding hydrogens is 228 g/mol. The summed E-state index contributed by atoms with van der Waals surface area (Å²) in [6.45, 7) is 1.87. The molecule has 0 aliphatic carbocycles. The third kappa shape index (κ3) is 2.43. The molecule has 0 bridgehead atoms. The summed E-state index contributed by atoms with van der Waals surface area (Å²) in [4.78, 5) is 12.0. The van der Waals surface area contributed by atoms with E-state index in [1.54, 1.807) is 12.1 Å². The first-order valence-corrected chi connectivity index (χ1v) is 5.53. The number of phenolic OH excluding ortho intramolecular Hbond substituents is 1.